The molecule has 0 aliphatic rings. The van der Waals surface area contributed by atoms with Gasteiger partial charge in [0.1, 0.15) is 0 Å². The van der Waals surface area contributed by atoms with Gasteiger partial charge in [0, 0.05) is 32.4 Å². The van der Waals surface area contributed by atoms with E-state index in [1.807, 2.05) is 20.8 Å². The molecule has 23 heavy (non-hydrogen) atoms. The molecule has 1 rings (SSSR count). The Bertz CT molecular complexity index is 425. The molecule has 11 heteroatoms. The Balaban J connectivity index is 0.00000484. The number of aromatic nitrogens is 3. The van der Waals surface area contributed by atoms with Gasteiger partial charge in [0.05, 0.1) is 0 Å². The summed E-state index contributed by atoms with van der Waals surface area (Å²) >= 11 is 8.19. The Morgan fingerprint density at radius 1 is 0.913 bits per heavy atom. The topological polar surface area (TPSA) is 78.4 Å². The van der Waals surface area contributed by atoms with E-state index in [0.717, 1.165) is 12.5 Å². The van der Waals surface area contributed by atoms with E-state index < -0.39 is 8.80 Å². The van der Waals surface area contributed by atoms with E-state index in [0.29, 0.717) is 42.6 Å². The van der Waals surface area contributed by atoms with Gasteiger partial charge in [0.15, 0.2) is 10.3 Å². The van der Waals surface area contributed by atoms with Crippen LogP contribution in [0.4, 0.5) is 5.95 Å². The van der Waals surface area contributed by atoms with Crippen LogP contribution in [-0.2, 0) is 13.3 Å². The Morgan fingerprint density at radius 3 is 1.83 bits per heavy atom. The molecule has 0 amide bonds. The van der Waals surface area contributed by atoms with Crippen molar-refractivity contribution in [3.63, 3.8) is 0 Å². The van der Waals surface area contributed by atoms with Crippen LogP contribution < -0.4 is 5.32 Å². The minimum absolute atomic E-state index is 0. The molecule has 0 atom stereocenters. The number of anilines is 1. The van der Waals surface area contributed by atoms with Gasteiger partial charge in [-0.25, -0.2) is 0 Å². The molecule has 0 unspecified atom stereocenters. The van der Waals surface area contributed by atoms with Crippen molar-refractivity contribution in [1.82, 2.24) is 15.0 Å². The zero-order valence-electron chi connectivity index (χ0n) is 13.2. The van der Waals surface area contributed by atoms with Gasteiger partial charge >= 0.3 is 38.4 Å². The number of thiol groups is 2. The van der Waals surface area contributed by atoms with Crippen molar-refractivity contribution in [2.24, 2.45) is 0 Å². The van der Waals surface area contributed by atoms with E-state index in [-0.39, 0.29) is 29.6 Å². The van der Waals surface area contributed by atoms with E-state index >= 15 is 0 Å². The van der Waals surface area contributed by atoms with Crippen LogP contribution in [0.5, 0.6) is 0 Å². The van der Waals surface area contributed by atoms with Gasteiger partial charge in [0.2, 0.25) is 5.95 Å². The molecule has 1 heterocycles. The molecule has 0 fully saturated rings. The third-order valence-corrected chi connectivity index (χ3v) is 6.20. The molecule has 0 aliphatic carbocycles. The third kappa shape index (κ3) is 9.03. The Kier molecular flexibility index (Phi) is 13.2. The van der Waals surface area contributed by atoms with Gasteiger partial charge in [-0.1, -0.05) is 0 Å². The molecule has 7 nitrogen and oxygen atoms in total. The predicted octanol–water partition coefficient (Wildman–Crippen LogP) is 1.65. The van der Waals surface area contributed by atoms with E-state index in [2.05, 4.69) is 45.5 Å². The van der Waals surface area contributed by atoms with Crippen LogP contribution in [-0.4, -0.2) is 79.7 Å². The van der Waals surface area contributed by atoms with E-state index in [1.165, 1.54) is 0 Å². The first kappa shape index (κ1) is 23.6. The molecule has 0 bridgehead atoms. The van der Waals surface area contributed by atoms with Crippen molar-refractivity contribution in [3.05, 3.63) is 0 Å². The first-order valence-electron chi connectivity index (χ1n) is 7.35. The van der Waals surface area contributed by atoms with Crippen molar-refractivity contribution < 1.29 is 13.3 Å². The fourth-order valence-corrected chi connectivity index (χ4v) is 5.01. The third-order valence-electron chi connectivity index (χ3n) is 2.65. The Labute approximate surface area is 172 Å². The summed E-state index contributed by atoms with van der Waals surface area (Å²) in [7, 11) is -2.58. The SMILES string of the molecule is CCO[Si](CCCNc1nc(S)nc(S)n1)(OCC)OCC.[NaH]. The van der Waals surface area contributed by atoms with Crippen LogP contribution in [0.2, 0.25) is 6.04 Å². The zero-order valence-corrected chi connectivity index (χ0v) is 16.0. The monoisotopic (exact) mass is 388 g/mol. The van der Waals surface area contributed by atoms with Gasteiger partial charge < -0.3 is 18.6 Å². The maximum atomic E-state index is 5.80. The summed E-state index contributed by atoms with van der Waals surface area (Å²) in [5, 5.41) is 3.80. The number of nitrogens with one attached hydrogen (secondary N) is 1. The molecule has 0 saturated heterocycles. The molecular formula is C12H25N4NaO3S2Si. The fraction of sp³-hybridized carbons (Fsp3) is 0.750. The number of hydrogen-bond donors (Lipinski definition) is 3. The molecule has 1 aromatic heterocycles. The summed E-state index contributed by atoms with van der Waals surface area (Å²) in [6.07, 6.45) is 0.821. The van der Waals surface area contributed by atoms with Crippen molar-refractivity contribution in [2.75, 3.05) is 31.7 Å². The Morgan fingerprint density at radius 2 is 1.39 bits per heavy atom. The number of hydrogen-bond acceptors (Lipinski definition) is 9. The first-order chi connectivity index (χ1) is 10.5. The van der Waals surface area contributed by atoms with Crippen LogP contribution >= 0.6 is 25.3 Å². The van der Waals surface area contributed by atoms with Crippen LogP contribution in [0.15, 0.2) is 10.3 Å². The van der Waals surface area contributed by atoms with Gasteiger partial charge in [-0.15, -0.1) is 25.3 Å². The zero-order chi connectivity index (χ0) is 16.4. The average Bonchev–Trinajstić information content (AvgIpc) is 2.43. The summed E-state index contributed by atoms with van der Waals surface area (Å²) in [4.78, 5) is 12.0. The molecule has 0 spiro atoms. The molecule has 0 aliphatic heterocycles. The second-order valence-corrected chi connectivity index (χ2v) is 7.80. The van der Waals surface area contributed by atoms with Gasteiger partial charge in [0.25, 0.3) is 0 Å². The summed E-state index contributed by atoms with van der Waals surface area (Å²) in [5.74, 6) is 0.460. The normalized spacial score (nSPS) is 11.2. The van der Waals surface area contributed by atoms with Crippen molar-refractivity contribution in [1.29, 1.82) is 0 Å². The molecule has 1 N–H and O–H groups in total. The molecule has 0 radical (unpaired) electrons. The minimum atomic E-state index is -2.58. The van der Waals surface area contributed by atoms with Gasteiger partial charge in [-0.2, -0.15) is 15.0 Å². The van der Waals surface area contributed by atoms with Gasteiger partial charge in [-0.05, 0) is 27.2 Å². The molecule has 128 valence electrons. The van der Waals surface area contributed by atoms with Crippen LogP contribution in [0.1, 0.15) is 27.2 Å². The molecule has 1 aromatic rings. The standard InChI is InChI=1S/C12H24N4O3S2Si.Na.H/c1-4-17-22(18-5-2,19-6-3)9-7-8-13-10-14-11(20)16-12(21)15-10;;/h4-9H2,1-3H3,(H3,13,14,15,16,20,21);;. The van der Waals surface area contributed by atoms with Crippen molar-refractivity contribution in [3.8, 4) is 0 Å². The first-order valence-corrected chi connectivity index (χ1v) is 10.2. The summed E-state index contributed by atoms with van der Waals surface area (Å²) in [5.41, 5.74) is 0. The van der Waals surface area contributed by atoms with E-state index in [9.17, 15) is 0 Å². The van der Waals surface area contributed by atoms with E-state index in [4.69, 9.17) is 13.3 Å². The quantitative estimate of drug-likeness (QED) is 0.302. The Hall–Kier alpha value is 0.607. The summed E-state index contributed by atoms with van der Waals surface area (Å²) < 4.78 is 17.4. The van der Waals surface area contributed by atoms with Gasteiger partial charge in [-0.3, -0.25) is 0 Å². The number of rotatable bonds is 11. The predicted molar refractivity (Wildman–Crippen MR) is 100 cm³/mol. The molecule has 0 aromatic carbocycles. The molecule has 0 saturated carbocycles. The van der Waals surface area contributed by atoms with Crippen molar-refractivity contribution in [2.45, 2.75) is 43.5 Å². The van der Waals surface area contributed by atoms with E-state index in [1.54, 1.807) is 0 Å². The maximum absolute atomic E-state index is 5.80. The second-order valence-electron chi connectivity index (χ2n) is 4.27. The number of nitrogens with zero attached hydrogens (tertiary/aromatic N) is 3. The van der Waals surface area contributed by atoms with Crippen LogP contribution in [0, 0.1) is 0 Å². The summed E-state index contributed by atoms with van der Waals surface area (Å²) in [6, 6.07) is 0.738. The van der Waals surface area contributed by atoms with Crippen molar-refractivity contribution >= 4 is 69.6 Å². The van der Waals surface area contributed by atoms with Crippen LogP contribution in [0.25, 0.3) is 0 Å². The molecular weight excluding hydrogens is 363 g/mol. The van der Waals surface area contributed by atoms with Crippen LogP contribution in [0.3, 0.4) is 0 Å². The second kappa shape index (κ2) is 12.9. The average molecular weight is 389 g/mol. The summed E-state index contributed by atoms with van der Waals surface area (Å²) in [6.45, 7) is 8.27. The fourth-order valence-electron chi connectivity index (χ4n) is 1.94.